The molecule has 2 amide bonds. The van der Waals surface area contributed by atoms with Gasteiger partial charge in [-0.05, 0) is 42.8 Å². The van der Waals surface area contributed by atoms with E-state index < -0.39 is 10.8 Å². The van der Waals surface area contributed by atoms with Gasteiger partial charge in [0, 0.05) is 18.7 Å². The number of carbonyl (C=O) groups is 2. The highest BCUT2D eigenvalue weighted by Crippen LogP contribution is 2.35. The van der Waals surface area contributed by atoms with E-state index in [4.69, 9.17) is 6.57 Å². The van der Waals surface area contributed by atoms with Crippen molar-refractivity contribution in [3.8, 4) is 0 Å². The molecule has 1 N–H and O–H groups in total. The number of nitrogens with zero attached hydrogens (tertiary/aromatic N) is 2. The van der Waals surface area contributed by atoms with Gasteiger partial charge in [-0.25, -0.2) is 9.05 Å². The van der Waals surface area contributed by atoms with Crippen molar-refractivity contribution in [3.05, 3.63) is 94.8 Å². The van der Waals surface area contributed by atoms with E-state index in [2.05, 4.69) is 10.2 Å². The Labute approximate surface area is 182 Å². The smallest absolute Gasteiger partial charge is 0.259 e. The van der Waals surface area contributed by atoms with Crippen LogP contribution >= 0.6 is 0 Å². The average molecular weight is 430 g/mol. The van der Waals surface area contributed by atoms with Gasteiger partial charge in [-0.2, -0.15) is 0 Å². The Morgan fingerprint density at radius 1 is 1.06 bits per heavy atom. The van der Waals surface area contributed by atoms with E-state index in [0.29, 0.717) is 45.4 Å². The Kier molecular flexibility index (Phi) is 5.65. The second-order valence-corrected chi connectivity index (χ2v) is 8.37. The fourth-order valence-corrected chi connectivity index (χ4v) is 4.84. The normalized spacial score (nSPS) is 14.8. The van der Waals surface area contributed by atoms with Gasteiger partial charge in [0.2, 0.25) is 0 Å². The number of amides is 2. The zero-order chi connectivity index (χ0) is 22.0. The highest BCUT2D eigenvalue weighted by molar-refractivity contribution is 7.85. The summed E-state index contributed by atoms with van der Waals surface area (Å²) in [5.74, 6) is -0.532. The number of fused-ring (bicyclic) bond motifs is 2. The van der Waals surface area contributed by atoms with Gasteiger partial charge in [0.25, 0.3) is 11.8 Å². The SMILES string of the molecule is [C-]#[N+]c1ccc(CNC(=O)c2ccc3c(c2)N(CC)C(=O)c2ccccc2[S@@]3=O)cc1. The van der Waals surface area contributed by atoms with Crippen molar-refractivity contribution < 1.29 is 13.8 Å². The lowest BCUT2D eigenvalue weighted by Gasteiger charge is -2.21. The lowest BCUT2D eigenvalue weighted by atomic mass is 10.1. The molecule has 7 heteroatoms. The molecule has 1 aliphatic rings. The van der Waals surface area contributed by atoms with Crippen LogP contribution in [0.5, 0.6) is 0 Å². The van der Waals surface area contributed by atoms with Gasteiger partial charge in [0.05, 0.1) is 38.4 Å². The molecule has 0 saturated carbocycles. The second-order valence-electron chi connectivity index (χ2n) is 6.96. The Bertz CT molecular complexity index is 1250. The molecule has 1 heterocycles. The van der Waals surface area contributed by atoms with Crippen LogP contribution in [-0.2, 0) is 17.3 Å². The van der Waals surface area contributed by atoms with E-state index in [1.54, 1.807) is 71.6 Å². The third-order valence-corrected chi connectivity index (χ3v) is 6.61. The number of carbonyl (C=O) groups excluding carboxylic acids is 2. The van der Waals surface area contributed by atoms with Crippen LogP contribution in [0, 0.1) is 6.57 Å². The van der Waals surface area contributed by atoms with Crippen LogP contribution < -0.4 is 10.2 Å². The summed E-state index contributed by atoms with van der Waals surface area (Å²) in [5, 5.41) is 2.85. The molecule has 0 spiro atoms. The topological polar surface area (TPSA) is 70.8 Å². The summed E-state index contributed by atoms with van der Waals surface area (Å²) in [4.78, 5) is 31.7. The number of anilines is 1. The Balaban J connectivity index is 1.63. The largest absolute Gasteiger partial charge is 0.348 e. The summed E-state index contributed by atoms with van der Waals surface area (Å²) in [6, 6.07) is 18.8. The number of nitrogens with one attached hydrogen (secondary N) is 1. The maximum absolute atomic E-state index is 13.2. The molecule has 0 unspecified atom stereocenters. The zero-order valence-corrected chi connectivity index (χ0v) is 17.6. The molecule has 154 valence electrons. The van der Waals surface area contributed by atoms with Gasteiger partial charge in [-0.15, -0.1) is 0 Å². The molecule has 0 aliphatic carbocycles. The van der Waals surface area contributed by atoms with Crippen molar-refractivity contribution in [1.82, 2.24) is 5.32 Å². The van der Waals surface area contributed by atoms with Crippen LogP contribution in [0.25, 0.3) is 4.85 Å². The molecule has 31 heavy (non-hydrogen) atoms. The minimum Gasteiger partial charge on any atom is -0.348 e. The maximum atomic E-state index is 13.2. The summed E-state index contributed by atoms with van der Waals surface area (Å²) < 4.78 is 13.2. The number of rotatable bonds is 4. The van der Waals surface area contributed by atoms with Gasteiger partial charge in [0.15, 0.2) is 5.69 Å². The lowest BCUT2D eigenvalue weighted by Crippen LogP contribution is -2.31. The van der Waals surface area contributed by atoms with Gasteiger partial charge in [0.1, 0.15) is 0 Å². The number of benzene rings is 3. The van der Waals surface area contributed by atoms with Crippen molar-refractivity contribution in [2.45, 2.75) is 23.3 Å². The molecule has 0 radical (unpaired) electrons. The Morgan fingerprint density at radius 2 is 1.81 bits per heavy atom. The van der Waals surface area contributed by atoms with E-state index in [1.165, 1.54) is 0 Å². The minimum absolute atomic E-state index is 0.234. The molecule has 1 aliphatic heterocycles. The van der Waals surface area contributed by atoms with Crippen molar-refractivity contribution >= 4 is 34.0 Å². The molecule has 1 atom stereocenters. The van der Waals surface area contributed by atoms with Crippen molar-refractivity contribution in [2.75, 3.05) is 11.4 Å². The summed E-state index contributed by atoms with van der Waals surface area (Å²) >= 11 is 0. The molecule has 0 bridgehead atoms. The molecule has 0 aromatic heterocycles. The standard InChI is InChI=1S/C24H19N3O3S/c1-3-27-20-14-17(23(28)26-15-16-8-11-18(25-2)12-9-16)10-13-22(20)31(30)21-7-5-4-6-19(21)24(27)29/h4-14H,3,15H2,1H3,(H,26,28)/t31-/m0/s1. The Morgan fingerprint density at radius 3 is 2.52 bits per heavy atom. The second kappa shape index (κ2) is 8.54. The third kappa shape index (κ3) is 3.86. The quantitative estimate of drug-likeness (QED) is 0.628. The highest BCUT2D eigenvalue weighted by atomic mass is 32.2. The first-order chi connectivity index (χ1) is 15.0. The summed E-state index contributed by atoms with van der Waals surface area (Å²) in [6.07, 6.45) is 0. The molecule has 3 aromatic rings. The van der Waals surface area contributed by atoms with Crippen LogP contribution in [0.15, 0.2) is 76.5 Å². The average Bonchev–Trinajstić information content (AvgIpc) is 2.90. The lowest BCUT2D eigenvalue weighted by molar-refractivity contribution is 0.0947. The predicted molar refractivity (Wildman–Crippen MR) is 119 cm³/mol. The van der Waals surface area contributed by atoms with Crippen molar-refractivity contribution in [2.24, 2.45) is 0 Å². The first-order valence-electron chi connectivity index (χ1n) is 9.74. The van der Waals surface area contributed by atoms with Crippen LogP contribution in [0.2, 0.25) is 0 Å². The maximum Gasteiger partial charge on any atom is 0.259 e. The van der Waals surface area contributed by atoms with Crippen molar-refractivity contribution in [3.63, 3.8) is 0 Å². The van der Waals surface area contributed by atoms with E-state index in [-0.39, 0.29) is 11.8 Å². The van der Waals surface area contributed by atoms with Crippen LogP contribution in [0.4, 0.5) is 11.4 Å². The molecule has 0 fully saturated rings. The molecule has 0 saturated heterocycles. The molecular weight excluding hydrogens is 410 g/mol. The zero-order valence-electron chi connectivity index (χ0n) is 16.8. The predicted octanol–water partition coefficient (Wildman–Crippen LogP) is 4.31. The van der Waals surface area contributed by atoms with Crippen LogP contribution in [0.3, 0.4) is 0 Å². The fourth-order valence-electron chi connectivity index (χ4n) is 3.49. The summed E-state index contributed by atoms with van der Waals surface area (Å²) in [6.45, 7) is 9.54. The summed E-state index contributed by atoms with van der Waals surface area (Å²) in [5.41, 5.74) is 2.69. The van der Waals surface area contributed by atoms with E-state index in [9.17, 15) is 13.8 Å². The Hall–Kier alpha value is -3.76. The third-order valence-electron chi connectivity index (χ3n) is 5.11. The van der Waals surface area contributed by atoms with Gasteiger partial charge in [-0.3, -0.25) is 9.59 Å². The monoisotopic (exact) mass is 429 g/mol. The van der Waals surface area contributed by atoms with E-state index in [0.717, 1.165) is 5.56 Å². The number of hydrogen-bond acceptors (Lipinski definition) is 3. The van der Waals surface area contributed by atoms with Gasteiger partial charge in [-0.1, -0.05) is 36.4 Å². The molecule has 4 rings (SSSR count). The van der Waals surface area contributed by atoms with E-state index in [1.807, 2.05) is 6.92 Å². The van der Waals surface area contributed by atoms with Gasteiger partial charge < -0.3 is 10.2 Å². The molecule has 6 nitrogen and oxygen atoms in total. The van der Waals surface area contributed by atoms with Gasteiger partial charge >= 0.3 is 0 Å². The summed E-state index contributed by atoms with van der Waals surface area (Å²) in [7, 11) is -1.53. The molecule has 3 aromatic carbocycles. The van der Waals surface area contributed by atoms with Crippen LogP contribution in [-0.4, -0.2) is 22.6 Å². The minimum atomic E-state index is -1.53. The van der Waals surface area contributed by atoms with E-state index >= 15 is 0 Å². The fraction of sp³-hybridized carbons (Fsp3) is 0.125. The van der Waals surface area contributed by atoms with Crippen LogP contribution in [0.1, 0.15) is 33.2 Å². The molecular formula is C24H19N3O3S. The van der Waals surface area contributed by atoms with Crippen molar-refractivity contribution in [1.29, 1.82) is 0 Å². The first-order valence-corrected chi connectivity index (χ1v) is 10.9. The first kappa shape index (κ1) is 20.5. The highest BCUT2D eigenvalue weighted by Gasteiger charge is 2.30. The number of hydrogen-bond donors (Lipinski definition) is 1.